The Bertz CT molecular complexity index is 912. The number of rotatable bonds is 3. The van der Waals surface area contributed by atoms with Crippen molar-refractivity contribution in [2.45, 2.75) is 70.1 Å². The smallest absolute Gasteiger partial charge is 0.0459 e. The van der Waals surface area contributed by atoms with Crippen molar-refractivity contribution in [1.82, 2.24) is 4.98 Å². The molecule has 0 bridgehead atoms. The first-order valence-electron chi connectivity index (χ1n) is 10.9. The van der Waals surface area contributed by atoms with Crippen molar-refractivity contribution < 1.29 is 0 Å². The number of aromatic amines is 1. The van der Waals surface area contributed by atoms with E-state index in [1.165, 1.54) is 67.8 Å². The lowest BCUT2D eigenvalue weighted by Crippen LogP contribution is -2.18. The monoisotopic (exact) mass is 357 g/mol. The Kier molecular flexibility index (Phi) is 4.55. The largest absolute Gasteiger partial charge is 0.358 e. The number of benzene rings is 2. The zero-order valence-electron chi connectivity index (χ0n) is 16.5. The normalized spacial score (nSPS) is 25.4. The minimum absolute atomic E-state index is 0.750. The predicted octanol–water partition coefficient (Wildman–Crippen LogP) is 7.26. The Morgan fingerprint density at radius 2 is 1.74 bits per heavy atom. The van der Waals surface area contributed by atoms with Crippen LogP contribution in [0.1, 0.15) is 79.2 Å². The van der Waals surface area contributed by atoms with E-state index in [-0.39, 0.29) is 0 Å². The van der Waals surface area contributed by atoms with Crippen LogP contribution in [0.15, 0.2) is 48.5 Å². The van der Waals surface area contributed by atoms with Gasteiger partial charge in [0.15, 0.2) is 0 Å². The maximum Gasteiger partial charge on any atom is 0.0459 e. The summed E-state index contributed by atoms with van der Waals surface area (Å²) in [4.78, 5) is 3.82. The lowest BCUT2D eigenvalue weighted by atomic mass is 9.73. The maximum absolute atomic E-state index is 3.82. The van der Waals surface area contributed by atoms with Crippen LogP contribution in [-0.4, -0.2) is 4.98 Å². The Morgan fingerprint density at radius 3 is 2.56 bits per heavy atom. The van der Waals surface area contributed by atoms with E-state index < -0.39 is 0 Å². The molecule has 1 atom stereocenters. The lowest BCUT2D eigenvalue weighted by molar-refractivity contribution is 0.283. The summed E-state index contributed by atoms with van der Waals surface area (Å²) >= 11 is 0. The maximum atomic E-state index is 3.82. The molecule has 1 saturated carbocycles. The van der Waals surface area contributed by atoms with Crippen LogP contribution in [0.5, 0.6) is 0 Å². The lowest BCUT2D eigenvalue weighted by Gasteiger charge is -2.32. The van der Waals surface area contributed by atoms with Gasteiger partial charge in [-0.1, -0.05) is 42.0 Å². The Balaban J connectivity index is 1.30. The first-order valence-corrected chi connectivity index (χ1v) is 10.9. The molecule has 2 aliphatic rings. The molecule has 1 unspecified atom stereocenters. The number of hydrogen-bond acceptors (Lipinski definition) is 0. The second-order valence-corrected chi connectivity index (χ2v) is 9.02. The number of H-pyrrole nitrogens is 1. The zero-order valence-corrected chi connectivity index (χ0v) is 16.5. The van der Waals surface area contributed by atoms with E-state index in [4.69, 9.17) is 0 Å². The summed E-state index contributed by atoms with van der Waals surface area (Å²) in [7, 11) is 0. The molecule has 0 saturated heterocycles. The fourth-order valence-corrected chi connectivity index (χ4v) is 5.76. The molecule has 5 rings (SSSR count). The van der Waals surface area contributed by atoms with Crippen molar-refractivity contribution in [2.24, 2.45) is 5.92 Å². The number of aromatic nitrogens is 1. The highest BCUT2D eigenvalue weighted by Gasteiger charge is 2.29. The van der Waals surface area contributed by atoms with Gasteiger partial charge in [0.05, 0.1) is 0 Å². The van der Waals surface area contributed by atoms with Gasteiger partial charge in [-0.15, -0.1) is 0 Å². The van der Waals surface area contributed by atoms with Crippen LogP contribution in [0.2, 0.25) is 0 Å². The average Bonchev–Trinajstić information content (AvgIpc) is 3.08. The first-order chi connectivity index (χ1) is 13.3. The predicted molar refractivity (Wildman–Crippen MR) is 114 cm³/mol. The fraction of sp³-hybridized carbons (Fsp3) is 0.462. The minimum Gasteiger partial charge on any atom is -0.358 e. The number of nitrogens with one attached hydrogen (secondary N) is 1. The highest BCUT2D eigenvalue weighted by Crippen LogP contribution is 2.44. The van der Waals surface area contributed by atoms with Gasteiger partial charge in [-0.25, -0.2) is 0 Å². The van der Waals surface area contributed by atoms with E-state index in [0.29, 0.717) is 0 Å². The molecule has 1 heteroatoms. The zero-order chi connectivity index (χ0) is 18.2. The second-order valence-electron chi connectivity index (χ2n) is 9.02. The molecule has 0 radical (unpaired) electrons. The van der Waals surface area contributed by atoms with Crippen LogP contribution < -0.4 is 0 Å². The van der Waals surface area contributed by atoms with Crippen LogP contribution in [0.4, 0.5) is 0 Å². The highest BCUT2D eigenvalue weighted by molar-refractivity contribution is 5.85. The summed E-state index contributed by atoms with van der Waals surface area (Å²) in [5, 5.41) is 1.49. The molecule has 1 fully saturated rings. The van der Waals surface area contributed by atoms with E-state index in [1.807, 2.05) is 0 Å². The Labute approximate surface area is 163 Å². The van der Waals surface area contributed by atoms with Crippen LogP contribution in [-0.2, 0) is 6.42 Å². The average molecular weight is 358 g/mol. The minimum atomic E-state index is 0.750. The summed E-state index contributed by atoms with van der Waals surface area (Å²) < 4.78 is 0. The summed E-state index contributed by atoms with van der Waals surface area (Å²) in [6, 6.07) is 18.1. The molecule has 1 nitrogen and oxygen atoms in total. The van der Waals surface area contributed by atoms with E-state index >= 15 is 0 Å². The second kappa shape index (κ2) is 7.19. The molecule has 1 heterocycles. The van der Waals surface area contributed by atoms with Crippen molar-refractivity contribution in [3.05, 3.63) is 70.9 Å². The van der Waals surface area contributed by atoms with Crippen LogP contribution in [0.3, 0.4) is 0 Å². The van der Waals surface area contributed by atoms with Gasteiger partial charge in [-0.3, -0.25) is 0 Å². The van der Waals surface area contributed by atoms with E-state index in [1.54, 1.807) is 16.8 Å². The molecular formula is C26H31N. The third-order valence-corrected chi connectivity index (χ3v) is 7.22. The summed E-state index contributed by atoms with van der Waals surface area (Å²) in [5.74, 6) is 2.45. The van der Waals surface area contributed by atoms with Crippen molar-refractivity contribution >= 4 is 10.9 Å². The molecule has 0 spiro atoms. The number of aryl methyl sites for hydroxylation is 2. The SMILES string of the molecule is Cc1ccc2[nH]c3c(c2c1)CCCC3CC1CCC(c2ccccc2)CC1. The molecule has 3 aromatic rings. The molecule has 27 heavy (non-hydrogen) atoms. The van der Waals surface area contributed by atoms with Crippen molar-refractivity contribution in [1.29, 1.82) is 0 Å². The quantitative estimate of drug-likeness (QED) is 0.507. The summed E-state index contributed by atoms with van der Waals surface area (Å²) in [6.07, 6.45) is 10.9. The third kappa shape index (κ3) is 3.33. The summed E-state index contributed by atoms with van der Waals surface area (Å²) in [5.41, 5.74) is 7.49. The Hall–Kier alpha value is -2.02. The van der Waals surface area contributed by atoms with Gasteiger partial charge >= 0.3 is 0 Å². The third-order valence-electron chi connectivity index (χ3n) is 7.22. The molecule has 1 aromatic heterocycles. The van der Waals surface area contributed by atoms with Gasteiger partial charge in [0.1, 0.15) is 0 Å². The van der Waals surface area contributed by atoms with Crippen molar-refractivity contribution in [3.63, 3.8) is 0 Å². The van der Waals surface area contributed by atoms with E-state index in [2.05, 4.69) is 60.4 Å². The van der Waals surface area contributed by atoms with Crippen LogP contribution in [0.25, 0.3) is 10.9 Å². The van der Waals surface area contributed by atoms with Gasteiger partial charge in [0.2, 0.25) is 0 Å². The first kappa shape index (κ1) is 17.1. The number of fused-ring (bicyclic) bond motifs is 3. The van der Waals surface area contributed by atoms with Crippen molar-refractivity contribution in [3.8, 4) is 0 Å². The molecule has 140 valence electrons. The Morgan fingerprint density at radius 1 is 0.926 bits per heavy atom. The summed E-state index contributed by atoms with van der Waals surface area (Å²) in [6.45, 7) is 2.21. The van der Waals surface area contributed by atoms with Crippen LogP contribution in [0, 0.1) is 12.8 Å². The van der Waals surface area contributed by atoms with Gasteiger partial charge in [-0.2, -0.15) is 0 Å². The van der Waals surface area contributed by atoms with E-state index in [0.717, 1.165) is 17.8 Å². The number of hydrogen-bond donors (Lipinski definition) is 1. The van der Waals surface area contributed by atoms with Crippen molar-refractivity contribution in [2.75, 3.05) is 0 Å². The molecule has 2 aromatic carbocycles. The van der Waals surface area contributed by atoms with E-state index in [9.17, 15) is 0 Å². The topological polar surface area (TPSA) is 15.8 Å². The van der Waals surface area contributed by atoms with Gasteiger partial charge in [0, 0.05) is 16.6 Å². The molecule has 2 aliphatic carbocycles. The molecule has 0 aliphatic heterocycles. The van der Waals surface area contributed by atoms with Gasteiger partial charge < -0.3 is 4.98 Å². The fourth-order valence-electron chi connectivity index (χ4n) is 5.76. The van der Waals surface area contributed by atoms with Gasteiger partial charge in [-0.05, 0) is 99.3 Å². The molecule has 1 N–H and O–H groups in total. The molecular weight excluding hydrogens is 326 g/mol. The van der Waals surface area contributed by atoms with Gasteiger partial charge in [0.25, 0.3) is 0 Å². The standard InChI is InChI=1S/C26H31N/c1-18-10-15-25-24(16-18)23-9-5-8-22(26(23)27-25)17-19-11-13-21(14-12-19)20-6-3-2-4-7-20/h2-4,6-7,10,15-16,19,21-22,27H,5,8-9,11-14,17H2,1H3. The molecule has 0 amide bonds. The highest BCUT2D eigenvalue weighted by atomic mass is 14.7. The van der Waals surface area contributed by atoms with Crippen LogP contribution >= 0.6 is 0 Å².